The fourth-order valence-electron chi connectivity index (χ4n) is 1.49. The second kappa shape index (κ2) is 4.38. The Hall–Kier alpha value is -0.890. The van der Waals surface area contributed by atoms with Crippen LogP contribution in [0.1, 0.15) is 37.9 Å². The van der Waals surface area contributed by atoms with E-state index >= 15 is 0 Å². The van der Waals surface area contributed by atoms with Gasteiger partial charge in [0.15, 0.2) is 0 Å². The molecule has 1 aromatic heterocycles. The maximum atomic E-state index is 5.77. The second-order valence-electron chi connectivity index (χ2n) is 3.88. The van der Waals surface area contributed by atoms with Crippen LogP contribution in [-0.4, -0.2) is 11.0 Å². The fourth-order valence-corrected chi connectivity index (χ4v) is 1.49. The van der Waals surface area contributed by atoms with Crippen LogP contribution in [0.5, 0.6) is 0 Å². The molecule has 1 atom stereocenters. The van der Waals surface area contributed by atoms with Gasteiger partial charge in [0.25, 0.3) is 0 Å². The van der Waals surface area contributed by atoms with E-state index in [2.05, 4.69) is 24.9 Å². The summed E-state index contributed by atoms with van der Waals surface area (Å²) in [6.45, 7) is 6.34. The third kappa shape index (κ3) is 2.81. The van der Waals surface area contributed by atoms with Gasteiger partial charge in [-0.2, -0.15) is 0 Å². The molecule has 2 N–H and O–H groups in total. The summed E-state index contributed by atoms with van der Waals surface area (Å²) in [4.78, 5) is 4.38. The topological polar surface area (TPSA) is 38.9 Å². The van der Waals surface area contributed by atoms with Crippen molar-refractivity contribution < 1.29 is 0 Å². The molecule has 72 valence electrons. The van der Waals surface area contributed by atoms with E-state index in [1.807, 2.05) is 19.2 Å². The van der Waals surface area contributed by atoms with Crippen LogP contribution in [0.4, 0.5) is 0 Å². The molecular weight excluding hydrogens is 160 g/mol. The van der Waals surface area contributed by atoms with Crippen molar-refractivity contribution in [2.24, 2.45) is 5.73 Å². The first kappa shape index (κ1) is 10.2. The third-order valence-corrected chi connectivity index (χ3v) is 2.01. The fraction of sp³-hybridized carbons (Fsp3) is 0.545. The summed E-state index contributed by atoms with van der Waals surface area (Å²) in [5.41, 5.74) is 8.23. The van der Waals surface area contributed by atoms with Crippen molar-refractivity contribution in [1.82, 2.24) is 4.98 Å². The largest absolute Gasteiger partial charge is 0.328 e. The number of pyridine rings is 1. The Kier molecular flexibility index (Phi) is 3.43. The molecule has 0 aromatic carbocycles. The second-order valence-corrected chi connectivity index (χ2v) is 3.88. The summed E-state index contributed by atoms with van der Waals surface area (Å²) in [6, 6.07) is 4.30. The van der Waals surface area contributed by atoms with Gasteiger partial charge in [-0.1, -0.05) is 19.9 Å². The zero-order valence-corrected chi connectivity index (χ0v) is 8.62. The summed E-state index contributed by atoms with van der Waals surface area (Å²) in [5, 5.41) is 0. The monoisotopic (exact) mass is 178 g/mol. The first-order valence-corrected chi connectivity index (χ1v) is 4.80. The SMILES string of the molecule is CC(N)Cc1cccnc1C(C)C. The normalized spacial score (nSPS) is 13.3. The zero-order chi connectivity index (χ0) is 9.84. The molecular formula is C11H18N2. The highest BCUT2D eigenvalue weighted by Crippen LogP contribution is 2.17. The molecule has 0 radical (unpaired) electrons. The molecule has 0 aliphatic carbocycles. The van der Waals surface area contributed by atoms with Gasteiger partial charge in [0.05, 0.1) is 0 Å². The van der Waals surface area contributed by atoms with Crippen molar-refractivity contribution in [3.63, 3.8) is 0 Å². The molecule has 0 spiro atoms. The third-order valence-electron chi connectivity index (χ3n) is 2.01. The highest BCUT2D eigenvalue weighted by atomic mass is 14.7. The number of hydrogen-bond acceptors (Lipinski definition) is 2. The Morgan fingerprint density at radius 1 is 1.38 bits per heavy atom. The van der Waals surface area contributed by atoms with Gasteiger partial charge in [-0.25, -0.2) is 0 Å². The summed E-state index contributed by atoms with van der Waals surface area (Å²) < 4.78 is 0. The van der Waals surface area contributed by atoms with E-state index in [-0.39, 0.29) is 6.04 Å². The predicted octanol–water partition coefficient (Wildman–Crippen LogP) is 2.09. The van der Waals surface area contributed by atoms with Gasteiger partial charge >= 0.3 is 0 Å². The number of hydrogen-bond donors (Lipinski definition) is 1. The van der Waals surface area contributed by atoms with Gasteiger partial charge in [-0.15, -0.1) is 0 Å². The van der Waals surface area contributed by atoms with Crippen molar-refractivity contribution in [2.75, 3.05) is 0 Å². The molecule has 13 heavy (non-hydrogen) atoms. The standard InChI is InChI=1S/C11H18N2/c1-8(2)11-10(7-9(3)12)5-4-6-13-11/h4-6,8-9H,7,12H2,1-3H3. The van der Waals surface area contributed by atoms with Gasteiger partial charge in [0, 0.05) is 17.9 Å². The van der Waals surface area contributed by atoms with Crippen molar-refractivity contribution in [1.29, 1.82) is 0 Å². The van der Waals surface area contributed by atoms with E-state index in [0.29, 0.717) is 5.92 Å². The summed E-state index contributed by atoms with van der Waals surface area (Å²) in [5.74, 6) is 0.481. The molecule has 2 heteroatoms. The Labute approximate surface area is 80.2 Å². The summed E-state index contributed by atoms with van der Waals surface area (Å²) in [7, 11) is 0. The van der Waals surface area contributed by atoms with E-state index in [4.69, 9.17) is 5.73 Å². The first-order valence-electron chi connectivity index (χ1n) is 4.80. The van der Waals surface area contributed by atoms with Crippen molar-refractivity contribution in [3.05, 3.63) is 29.6 Å². The quantitative estimate of drug-likeness (QED) is 0.769. The van der Waals surface area contributed by atoms with Gasteiger partial charge in [-0.3, -0.25) is 4.98 Å². The zero-order valence-electron chi connectivity index (χ0n) is 8.62. The minimum atomic E-state index is 0.210. The van der Waals surface area contributed by atoms with Crippen LogP contribution < -0.4 is 5.73 Å². The molecule has 0 bridgehead atoms. The highest BCUT2D eigenvalue weighted by molar-refractivity contribution is 5.23. The number of nitrogens with two attached hydrogens (primary N) is 1. The molecule has 1 unspecified atom stereocenters. The Morgan fingerprint density at radius 2 is 2.08 bits per heavy atom. The molecule has 0 amide bonds. The van der Waals surface area contributed by atoms with Gasteiger partial charge < -0.3 is 5.73 Å². The van der Waals surface area contributed by atoms with Crippen LogP contribution in [0.15, 0.2) is 18.3 Å². The number of rotatable bonds is 3. The molecule has 0 fully saturated rings. The number of nitrogens with zero attached hydrogens (tertiary/aromatic N) is 1. The maximum absolute atomic E-state index is 5.77. The molecule has 1 aromatic rings. The van der Waals surface area contributed by atoms with Crippen molar-refractivity contribution in [2.45, 2.75) is 39.2 Å². The summed E-state index contributed by atoms with van der Waals surface area (Å²) >= 11 is 0. The van der Waals surface area contributed by atoms with Crippen LogP contribution in [0.3, 0.4) is 0 Å². The van der Waals surface area contributed by atoms with Gasteiger partial charge in [-0.05, 0) is 30.9 Å². The van der Waals surface area contributed by atoms with Crippen LogP contribution in [0.25, 0.3) is 0 Å². The molecule has 1 heterocycles. The lowest BCUT2D eigenvalue weighted by atomic mass is 9.99. The maximum Gasteiger partial charge on any atom is 0.0461 e. The van der Waals surface area contributed by atoms with E-state index in [9.17, 15) is 0 Å². The minimum Gasteiger partial charge on any atom is -0.328 e. The van der Waals surface area contributed by atoms with E-state index in [1.54, 1.807) is 0 Å². The van der Waals surface area contributed by atoms with Gasteiger partial charge in [0.1, 0.15) is 0 Å². The average Bonchev–Trinajstić information content (AvgIpc) is 2.03. The van der Waals surface area contributed by atoms with E-state index < -0.39 is 0 Å². The van der Waals surface area contributed by atoms with Crippen LogP contribution in [0.2, 0.25) is 0 Å². The molecule has 0 aliphatic heterocycles. The van der Waals surface area contributed by atoms with Crippen LogP contribution in [-0.2, 0) is 6.42 Å². The average molecular weight is 178 g/mol. The predicted molar refractivity (Wildman–Crippen MR) is 55.7 cm³/mol. The van der Waals surface area contributed by atoms with Crippen molar-refractivity contribution in [3.8, 4) is 0 Å². The lowest BCUT2D eigenvalue weighted by molar-refractivity contribution is 0.709. The van der Waals surface area contributed by atoms with Gasteiger partial charge in [0.2, 0.25) is 0 Å². The molecule has 0 saturated carbocycles. The molecule has 2 nitrogen and oxygen atoms in total. The van der Waals surface area contributed by atoms with Crippen molar-refractivity contribution >= 4 is 0 Å². The Bertz CT molecular complexity index is 267. The van der Waals surface area contributed by atoms with Crippen LogP contribution >= 0.6 is 0 Å². The molecule has 1 rings (SSSR count). The highest BCUT2D eigenvalue weighted by Gasteiger charge is 2.08. The first-order chi connectivity index (χ1) is 6.11. The van der Waals surface area contributed by atoms with Crippen LogP contribution in [0, 0.1) is 0 Å². The summed E-state index contributed by atoms with van der Waals surface area (Å²) in [6.07, 6.45) is 2.77. The Balaban J connectivity index is 2.91. The molecule has 0 saturated heterocycles. The number of aromatic nitrogens is 1. The van der Waals surface area contributed by atoms with E-state index in [1.165, 1.54) is 11.3 Å². The minimum absolute atomic E-state index is 0.210. The lowest BCUT2D eigenvalue weighted by Gasteiger charge is -2.12. The molecule has 0 aliphatic rings. The van der Waals surface area contributed by atoms with E-state index in [0.717, 1.165) is 6.42 Å². The smallest absolute Gasteiger partial charge is 0.0461 e. The lowest BCUT2D eigenvalue weighted by Crippen LogP contribution is -2.19. The Morgan fingerprint density at radius 3 is 2.62 bits per heavy atom.